The standard InChI is InChI=1S/C23H33N7O2S/c1-4-5-18-14-25-23(33-18)27-20-6-9-24-21(26-20)17-7-10-29(11-8-17)22(32)19-15-28(3)12-13-30(19)16(2)31/h6,9,14,17,19H,4-5,7-8,10-13,15H2,1-3H3,(H,24,25,26,27)/t19-/m0/s1. The topological polar surface area (TPSA) is 94.6 Å². The van der Waals surface area contributed by atoms with E-state index in [1.807, 2.05) is 24.2 Å². The van der Waals surface area contributed by atoms with E-state index in [1.54, 1.807) is 29.4 Å². The van der Waals surface area contributed by atoms with Crippen LogP contribution in [-0.2, 0) is 16.0 Å². The predicted octanol–water partition coefficient (Wildman–Crippen LogP) is 2.50. The van der Waals surface area contributed by atoms with Crippen LogP contribution in [0.2, 0.25) is 0 Å². The minimum Gasteiger partial charge on any atom is -0.341 e. The van der Waals surface area contributed by atoms with Gasteiger partial charge >= 0.3 is 0 Å². The molecule has 0 saturated carbocycles. The predicted molar refractivity (Wildman–Crippen MR) is 129 cm³/mol. The van der Waals surface area contributed by atoms with Gasteiger partial charge in [-0.05, 0) is 32.4 Å². The lowest BCUT2D eigenvalue weighted by Crippen LogP contribution is -2.60. The van der Waals surface area contributed by atoms with E-state index in [0.717, 1.165) is 49.0 Å². The quantitative estimate of drug-likeness (QED) is 0.692. The zero-order valence-corrected chi connectivity index (χ0v) is 20.5. The highest BCUT2D eigenvalue weighted by atomic mass is 32.1. The van der Waals surface area contributed by atoms with Gasteiger partial charge in [0.05, 0.1) is 0 Å². The molecule has 2 aliphatic heterocycles. The van der Waals surface area contributed by atoms with Gasteiger partial charge in [0.25, 0.3) is 0 Å². The number of aromatic nitrogens is 3. The minimum absolute atomic E-state index is 0.0314. The molecule has 4 rings (SSSR count). The van der Waals surface area contributed by atoms with Crippen molar-refractivity contribution in [2.75, 3.05) is 45.1 Å². The molecule has 178 valence electrons. The lowest BCUT2D eigenvalue weighted by atomic mass is 9.95. The second kappa shape index (κ2) is 10.6. The van der Waals surface area contributed by atoms with Crippen LogP contribution < -0.4 is 5.32 Å². The monoisotopic (exact) mass is 471 g/mol. The highest BCUT2D eigenvalue weighted by Crippen LogP contribution is 2.28. The molecule has 2 aliphatic rings. The third-order valence-electron chi connectivity index (χ3n) is 6.40. The fraction of sp³-hybridized carbons (Fsp3) is 0.609. The van der Waals surface area contributed by atoms with Gasteiger partial charge in [-0.3, -0.25) is 9.59 Å². The van der Waals surface area contributed by atoms with E-state index >= 15 is 0 Å². The van der Waals surface area contributed by atoms with Gasteiger partial charge < -0.3 is 20.0 Å². The third-order valence-corrected chi connectivity index (χ3v) is 7.38. The molecule has 2 aromatic heterocycles. The number of carbonyl (C=O) groups is 2. The summed E-state index contributed by atoms with van der Waals surface area (Å²) in [6.07, 6.45) is 7.47. The van der Waals surface area contributed by atoms with Crippen LogP contribution in [0.5, 0.6) is 0 Å². The number of anilines is 2. The van der Waals surface area contributed by atoms with Crippen LogP contribution in [0, 0.1) is 0 Å². The molecule has 2 aromatic rings. The molecule has 0 aliphatic carbocycles. The van der Waals surface area contributed by atoms with Crippen LogP contribution in [-0.4, -0.2) is 87.3 Å². The number of piperazine rings is 1. The van der Waals surface area contributed by atoms with E-state index in [0.29, 0.717) is 26.2 Å². The Kier molecular flexibility index (Phi) is 7.54. The minimum atomic E-state index is -0.391. The molecular formula is C23H33N7O2S. The SMILES string of the molecule is CCCc1cnc(Nc2ccnc(C3CCN(C(=O)[C@@H]4CN(C)CCN4C(C)=O)CC3)n2)s1. The summed E-state index contributed by atoms with van der Waals surface area (Å²) in [6.45, 7) is 7.01. The van der Waals surface area contributed by atoms with Gasteiger partial charge in [0.2, 0.25) is 11.8 Å². The normalized spacial score (nSPS) is 20.2. The van der Waals surface area contributed by atoms with E-state index in [1.165, 1.54) is 4.88 Å². The van der Waals surface area contributed by atoms with Crippen LogP contribution in [0.1, 0.15) is 49.7 Å². The second-order valence-corrected chi connectivity index (χ2v) is 10.0. The number of aryl methyl sites for hydroxylation is 1. The molecular weight excluding hydrogens is 438 g/mol. The first kappa shape index (κ1) is 23.6. The van der Waals surface area contributed by atoms with E-state index < -0.39 is 6.04 Å². The number of hydrogen-bond donors (Lipinski definition) is 1. The molecule has 4 heterocycles. The Bertz CT molecular complexity index is 973. The zero-order valence-electron chi connectivity index (χ0n) is 19.7. The summed E-state index contributed by atoms with van der Waals surface area (Å²) in [7, 11) is 2.00. The van der Waals surface area contributed by atoms with Gasteiger partial charge in [-0.1, -0.05) is 13.3 Å². The van der Waals surface area contributed by atoms with Crippen molar-refractivity contribution < 1.29 is 9.59 Å². The van der Waals surface area contributed by atoms with Crippen LogP contribution in [0.25, 0.3) is 0 Å². The highest BCUT2D eigenvalue weighted by molar-refractivity contribution is 7.15. The Balaban J connectivity index is 1.36. The molecule has 9 nitrogen and oxygen atoms in total. The molecule has 10 heteroatoms. The number of rotatable bonds is 6. The van der Waals surface area contributed by atoms with Crippen LogP contribution in [0.3, 0.4) is 0 Å². The fourth-order valence-corrected chi connectivity index (χ4v) is 5.47. The first-order valence-electron chi connectivity index (χ1n) is 11.7. The summed E-state index contributed by atoms with van der Waals surface area (Å²) in [5.41, 5.74) is 0. The average molecular weight is 472 g/mol. The molecule has 0 aromatic carbocycles. The molecule has 2 amide bonds. The molecule has 2 saturated heterocycles. The van der Waals surface area contributed by atoms with Crippen LogP contribution >= 0.6 is 11.3 Å². The molecule has 0 unspecified atom stereocenters. The average Bonchev–Trinajstić information content (AvgIpc) is 3.25. The number of likely N-dealkylation sites (tertiary alicyclic amines) is 1. The number of amides is 2. The molecule has 1 atom stereocenters. The molecule has 0 bridgehead atoms. The molecule has 0 radical (unpaired) electrons. The fourth-order valence-electron chi connectivity index (χ4n) is 4.55. The summed E-state index contributed by atoms with van der Waals surface area (Å²) in [4.78, 5) is 46.0. The lowest BCUT2D eigenvalue weighted by Gasteiger charge is -2.42. The molecule has 33 heavy (non-hydrogen) atoms. The molecule has 2 fully saturated rings. The highest BCUT2D eigenvalue weighted by Gasteiger charge is 2.37. The number of nitrogens with zero attached hydrogens (tertiary/aromatic N) is 6. The van der Waals surface area contributed by atoms with E-state index in [-0.39, 0.29) is 17.7 Å². The summed E-state index contributed by atoms with van der Waals surface area (Å²) in [6, 6.07) is 1.47. The Hall–Kier alpha value is -2.59. The van der Waals surface area contributed by atoms with E-state index in [2.05, 4.69) is 27.1 Å². The number of nitrogens with one attached hydrogen (secondary N) is 1. The van der Waals surface area contributed by atoms with Gasteiger partial charge in [0.15, 0.2) is 5.13 Å². The van der Waals surface area contributed by atoms with Crippen molar-refractivity contribution in [1.29, 1.82) is 0 Å². The Morgan fingerprint density at radius 1 is 1.18 bits per heavy atom. The zero-order chi connectivity index (χ0) is 23.4. The number of hydrogen-bond acceptors (Lipinski definition) is 8. The second-order valence-electron chi connectivity index (χ2n) is 8.90. The largest absolute Gasteiger partial charge is 0.341 e. The van der Waals surface area contributed by atoms with Crippen molar-refractivity contribution in [2.45, 2.75) is 51.5 Å². The summed E-state index contributed by atoms with van der Waals surface area (Å²) in [5.74, 6) is 1.79. The van der Waals surface area contributed by atoms with Crippen molar-refractivity contribution >= 4 is 34.1 Å². The van der Waals surface area contributed by atoms with E-state index in [9.17, 15) is 9.59 Å². The van der Waals surface area contributed by atoms with Gasteiger partial charge in [-0.15, -0.1) is 11.3 Å². The lowest BCUT2D eigenvalue weighted by molar-refractivity contribution is -0.148. The van der Waals surface area contributed by atoms with Crippen molar-refractivity contribution in [1.82, 2.24) is 29.7 Å². The third kappa shape index (κ3) is 5.67. The summed E-state index contributed by atoms with van der Waals surface area (Å²) in [5, 5.41) is 4.14. The van der Waals surface area contributed by atoms with Gasteiger partial charge in [-0.25, -0.2) is 15.0 Å². The summed E-state index contributed by atoms with van der Waals surface area (Å²) >= 11 is 1.65. The van der Waals surface area contributed by atoms with Crippen molar-refractivity contribution in [2.24, 2.45) is 0 Å². The van der Waals surface area contributed by atoms with Gasteiger partial charge in [0.1, 0.15) is 17.7 Å². The van der Waals surface area contributed by atoms with Gasteiger partial charge in [-0.2, -0.15) is 0 Å². The van der Waals surface area contributed by atoms with Crippen molar-refractivity contribution in [3.63, 3.8) is 0 Å². The first-order valence-corrected chi connectivity index (χ1v) is 12.6. The van der Waals surface area contributed by atoms with Crippen LogP contribution in [0.15, 0.2) is 18.5 Å². The molecule has 1 N–H and O–H groups in total. The summed E-state index contributed by atoms with van der Waals surface area (Å²) < 4.78 is 0. The maximum absolute atomic E-state index is 13.2. The van der Waals surface area contributed by atoms with E-state index in [4.69, 9.17) is 4.98 Å². The Morgan fingerprint density at radius 2 is 1.97 bits per heavy atom. The van der Waals surface area contributed by atoms with Crippen molar-refractivity contribution in [3.05, 3.63) is 29.2 Å². The number of carbonyl (C=O) groups excluding carboxylic acids is 2. The van der Waals surface area contributed by atoms with Crippen LogP contribution in [0.4, 0.5) is 10.9 Å². The first-order chi connectivity index (χ1) is 15.9. The van der Waals surface area contributed by atoms with Crippen molar-refractivity contribution in [3.8, 4) is 0 Å². The maximum atomic E-state index is 13.2. The van der Waals surface area contributed by atoms with Gasteiger partial charge in [0, 0.05) is 62.8 Å². The Labute approximate surface area is 199 Å². The Morgan fingerprint density at radius 3 is 2.70 bits per heavy atom. The number of piperidine rings is 1. The number of thiazole rings is 1. The smallest absolute Gasteiger partial charge is 0.246 e. The molecule has 0 spiro atoms. The number of likely N-dealkylation sites (N-methyl/N-ethyl adjacent to an activating group) is 1. The maximum Gasteiger partial charge on any atom is 0.246 e.